The molecule has 0 aliphatic heterocycles. The van der Waals surface area contributed by atoms with Crippen molar-refractivity contribution in [3.63, 3.8) is 0 Å². The van der Waals surface area contributed by atoms with E-state index in [0.29, 0.717) is 5.56 Å². The molecule has 1 rings (SSSR count). The minimum absolute atomic E-state index is 0.0702. The van der Waals surface area contributed by atoms with Crippen molar-refractivity contribution in [2.75, 3.05) is 25.1 Å². The number of nitrogens with one attached hydrogen (secondary N) is 2. The van der Waals surface area contributed by atoms with Crippen LogP contribution in [0.2, 0.25) is 0 Å². The third-order valence-electron chi connectivity index (χ3n) is 2.96. The average Bonchev–Trinajstić information content (AvgIpc) is 2.47. The highest BCUT2D eigenvalue weighted by Crippen LogP contribution is 2.10. The fourth-order valence-corrected chi connectivity index (χ4v) is 1.74. The molecule has 5 heteroatoms. The van der Waals surface area contributed by atoms with Crippen LogP contribution in [0.5, 0.6) is 0 Å². The summed E-state index contributed by atoms with van der Waals surface area (Å²) in [5.41, 5.74) is 1.55. The van der Waals surface area contributed by atoms with Gasteiger partial charge in [-0.05, 0) is 50.5 Å². The largest absolute Gasteiger partial charge is 0.396 e. The molecule has 0 heterocycles. The molecule has 1 amide bonds. The maximum absolute atomic E-state index is 11.8. The Balaban J connectivity index is 2.38. The second-order valence-electron chi connectivity index (χ2n) is 4.85. The van der Waals surface area contributed by atoms with E-state index in [1.165, 1.54) is 0 Å². The van der Waals surface area contributed by atoms with Gasteiger partial charge in [-0.25, -0.2) is 0 Å². The zero-order chi connectivity index (χ0) is 14.8. The summed E-state index contributed by atoms with van der Waals surface area (Å²) in [6.45, 7) is 2.78. The van der Waals surface area contributed by atoms with Crippen molar-refractivity contribution in [3.05, 3.63) is 29.8 Å². The number of hydrogen-bond acceptors (Lipinski definition) is 4. The molecule has 0 radical (unpaired) electrons. The predicted molar refractivity (Wildman–Crippen MR) is 79.9 cm³/mol. The molecule has 5 nitrogen and oxygen atoms in total. The van der Waals surface area contributed by atoms with E-state index >= 15 is 0 Å². The summed E-state index contributed by atoms with van der Waals surface area (Å²) in [6, 6.07) is 7.01. The lowest BCUT2D eigenvalue weighted by Crippen LogP contribution is -2.34. The molecule has 0 fully saturated rings. The van der Waals surface area contributed by atoms with Gasteiger partial charge in [0, 0.05) is 30.4 Å². The Morgan fingerprint density at radius 1 is 1.15 bits per heavy atom. The minimum atomic E-state index is -0.244. The summed E-state index contributed by atoms with van der Waals surface area (Å²) in [5, 5.41) is 23.5. The van der Waals surface area contributed by atoms with Gasteiger partial charge in [0.25, 0.3) is 5.91 Å². The Bertz CT molecular complexity index is 393. The topological polar surface area (TPSA) is 81.6 Å². The van der Waals surface area contributed by atoms with Crippen LogP contribution in [-0.2, 0) is 0 Å². The molecule has 0 bridgehead atoms. The Morgan fingerprint density at radius 3 is 2.45 bits per heavy atom. The molecule has 0 spiro atoms. The summed E-state index contributed by atoms with van der Waals surface area (Å²) >= 11 is 0. The van der Waals surface area contributed by atoms with E-state index in [9.17, 15) is 4.79 Å². The number of unbranched alkanes of at least 4 members (excludes halogenated alkanes) is 2. The standard InChI is InChI=1S/C15H24N2O3/c1-12(11-19)17-15(20)13-5-7-14(8-6-13)16-9-3-2-4-10-18/h5-8,12,16,18-19H,2-4,9-11H2,1H3,(H,17,20). The number of benzene rings is 1. The van der Waals surface area contributed by atoms with Crippen molar-refractivity contribution in [1.82, 2.24) is 5.32 Å². The van der Waals surface area contributed by atoms with Gasteiger partial charge >= 0.3 is 0 Å². The maximum Gasteiger partial charge on any atom is 0.251 e. The minimum Gasteiger partial charge on any atom is -0.396 e. The maximum atomic E-state index is 11.8. The zero-order valence-electron chi connectivity index (χ0n) is 11.9. The van der Waals surface area contributed by atoms with E-state index in [2.05, 4.69) is 10.6 Å². The lowest BCUT2D eigenvalue weighted by atomic mass is 10.1. The lowest BCUT2D eigenvalue weighted by molar-refractivity contribution is 0.0922. The quantitative estimate of drug-likeness (QED) is 0.515. The Hall–Kier alpha value is -1.59. The number of aliphatic hydroxyl groups is 2. The Labute approximate surface area is 120 Å². The van der Waals surface area contributed by atoms with Crippen LogP contribution in [0.4, 0.5) is 5.69 Å². The molecule has 1 unspecified atom stereocenters. The van der Waals surface area contributed by atoms with Gasteiger partial charge in [0.1, 0.15) is 0 Å². The smallest absolute Gasteiger partial charge is 0.251 e. The molecule has 20 heavy (non-hydrogen) atoms. The van der Waals surface area contributed by atoms with Crippen LogP contribution in [0.25, 0.3) is 0 Å². The third kappa shape index (κ3) is 6.04. The molecular formula is C15H24N2O3. The molecule has 1 aromatic carbocycles. The van der Waals surface area contributed by atoms with E-state index in [0.717, 1.165) is 31.5 Å². The summed E-state index contributed by atoms with van der Waals surface area (Å²) in [7, 11) is 0. The van der Waals surface area contributed by atoms with Gasteiger partial charge in [-0.2, -0.15) is 0 Å². The first-order chi connectivity index (χ1) is 9.67. The van der Waals surface area contributed by atoms with Gasteiger partial charge < -0.3 is 20.8 Å². The van der Waals surface area contributed by atoms with Crippen LogP contribution < -0.4 is 10.6 Å². The predicted octanol–water partition coefficient (Wildman–Crippen LogP) is 1.37. The van der Waals surface area contributed by atoms with E-state index in [1.807, 2.05) is 12.1 Å². The van der Waals surface area contributed by atoms with Gasteiger partial charge in [-0.3, -0.25) is 4.79 Å². The fraction of sp³-hybridized carbons (Fsp3) is 0.533. The van der Waals surface area contributed by atoms with Crippen molar-refractivity contribution in [1.29, 1.82) is 0 Å². The molecule has 0 saturated heterocycles. The fourth-order valence-electron chi connectivity index (χ4n) is 1.74. The number of aliphatic hydroxyl groups excluding tert-OH is 2. The van der Waals surface area contributed by atoms with Crippen LogP contribution in [0, 0.1) is 0 Å². The van der Waals surface area contributed by atoms with Gasteiger partial charge in [-0.15, -0.1) is 0 Å². The molecule has 0 aliphatic carbocycles. The van der Waals surface area contributed by atoms with Crippen LogP contribution in [0.15, 0.2) is 24.3 Å². The molecular weight excluding hydrogens is 256 g/mol. The van der Waals surface area contributed by atoms with Crippen molar-refractivity contribution < 1.29 is 15.0 Å². The van der Waals surface area contributed by atoms with E-state index < -0.39 is 0 Å². The summed E-state index contributed by atoms with van der Waals surface area (Å²) < 4.78 is 0. The van der Waals surface area contributed by atoms with Crippen molar-refractivity contribution in [2.24, 2.45) is 0 Å². The number of hydrogen-bond donors (Lipinski definition) is 4. The highest BCUT2D eigenvalue weighted by atomic mass is 16.3. The molecule has 112 valence electrons. The summed E-state index contributed by atoms with van der Waals surface area (Å²) in [4.78, 5) is 11.8. The third-order valence-corrected chi connectivity index (χ3v) is 2.96. The Kier molecular flexibility index (Phi) is 7.69. The first-order valence-corrected chi connectivity index (χ1v) is 7.04. The van der Waals surface area contributed by atoms with E-state index in [1.54, 1.807) is 19.1 Å². The second-order valence-corrected chi connectivity index (χ2v) is 4.85. The van der Waals surface area contributed by atoms with Crippen LogP contribution >= 0.6 is 0 Å². The monoisotopic (exact) mass is 280 g/mol. The summed E-state index contributed by atoms with van der Waals surface area (Å²) in [5.74, 6) is -0.180. The number of amides is 1. The van der Waals surface area contributed by atoms with Gasteiger partial charge in [0.05, 0.1) is 6.61 Å². The highest BCUT2D eigenvalue weighted by molar-refractivity contribution is 5.94. The first kappa shape index (κ1) is 16.5. The molecule has 0 aliphatic rings. The normalized spacial score (nSPS) is 11.9. The second kappa shape index (κ2) is 9.34. The highest BCUT2D eigenvalue weighted by Gasteiger charge is 2.08. The summed E-state index contributed by atoms with van der Waals surface area (Å²) in [6.07, 6.45) is 2.85. The van der Waals surface area contributed by atoms with Crippen molar-refractivity contribution in [2.45, 2.75) is 32.2 Å². The molecule has 1 atom stereocenters. The van der Waals surface area contributed by atoms with Crippen LogP contribution in [-0.4, -0.2) is 41.9 Å². The molecule has 1 aromatic rings. The van der Waals surface area contributed by atoms with Gasteiger partial charge in [-0.1, -0.05) is 0 Å². The van der Waals surface area contributed by atoms with Crippen LogP contribution in [0.1, 0.15) is 36.5 Å². The SMILES string of the molecule is CC(CO)NC(=O)c1ccc(NCCCCCO)cc1. The first-order valence-electron chi connectivity index (χ1n) is 7.04. The van der Waals surface area contributed by atoms with Gasteiger partial charge in [0.2, 0.25) is 0 Å². The number of carbonyl (C=O) groups excluding carboxylic acids is 1. The molecule has 0 saturated carbocycles. The van der Waals surface area contributed by atoms with Crippen LogP contribution in [0.3, 0.4) is 0 Å². The van der Waals surface area contributed by atoms with Crippen molar-refractivity contribution >= 4 is 11.6 Å². The molecule has 0 aromatic heterocycles. The molecule has 4 N–H and O–H groups in total. The average molecular weight is 280 g/mol. The number of anilines is 1. The lowest BCUT2D eigenvalue weighted by Gasteiger charge is -2.11. The van der Waals surface area contributed by atoms with E-state index in [-0.39, 0.29) is 25.2 Å². The van der Waals surface area contributed by atoms with E-state index in [4.69, 9.17) is 10.2 Å². The Morgan fingerprint density at radius 2 is 1.85 bits per heavy atom. The van der Waals surface area contributed by atoms with Gasteiger partial charge in [0.15, 0.2) is 0 Å². The number of carbonyl (C=O) groups is 1. The van der Waals surface area contributed by atoms with Crippen molar-refractivity contribution in [3.8, 4) is 0 Å². The number of rotatable bonds is 9. The zero-order valence-corrected chi connectivity index (χ0v) is 11.9.